The van der Waals surface area contributed by atoms with Crippen molar-refractivity contribution in [2.24, 2.45) is 0 Å². The standard InChI is InChI=1S/C17H13BrClN3O6S5.C2H4/c1-32(24,25)20-14(23)7-21-11-5-13(18)30-17(11)31-15(21)6-16-22(8-33(26,27)28)10-4-9(19)2-3-12(10)29-16;1-2/h2-6H,7-8H2,1H3,(H-,20,23,26,27,28);1-2H2. The normalized spacial score (nSPS) is 14.6. The molecule has 1 aliphatic heterocycles. The van der Waals surface area contributed by atoms with Crippen LogP contribution < -0.4 is 14.2 Å². The van der Waals surface area contributed by atoms with E-state index in [1.807, 2.05) is 10.8 Å². The Bertz CT molecular complexity index is 1550. The van der Waals surface area contributed by atoms with Crippen LogP contribution in [-0.4, -0.2) is 39.4 Å². The molecule has 0 spiro atoms. The van der Waals surface area contributed by atoms with Gasteiger partial charge < -0.3 is 9.45 Å². The zero-order valence-electron chi connectivity index (χ0n) is 17.9. The van der Waals surface area contributed by atoms with E-state index in [9.17, 15) is 26.2 Å². The highest BCUT2D eigenvalue weighted by Gasteiger charge is 2.31. The Labute approximate surface area is 228 Å². The third-order valence-electron chi connectivity index (χ3n) is 4.23. The maximum atomic E-state index is 12.3. The van der Waals surface area contributed by atoms with Crippen molar-refractivity contribution >= 4 is 109 Å². The van der Waals surface area contributed by atoms with Crippen molar-refractivity contribution in [1.29, 1.82) is 0 Å². The van der Waals surface area contributed by atoms with Crippen LogP contribution in [0.4, 0.5) is 5.69 Å². The quantitative estimate of drug-likeness (QED) is 0.240. The first kappa shape index (κ1) is 28.1. The van der Waals surface area contributed by atoms with Crippen LogP contribution in [0.2, 0.25) is 5.02 Å². The number of thiazole rings is 1. The Balaban J connectivity index is 0.00000167. The summed E-state index contributed by atoms with van der Waals surface area (Å²) in [5.74, 6) is -1.52. The summed E-state index contributed by atoms with van der Waals surface area (Å²) in [5.41, 5.74) is 1.19. The van der Waals surface area contributed by atoms with Crippen molar-refractivity contribution < 1.29 is 30.7 Å². The van der Waals surface area contributed by atoms with Gasteiger partial charge in [0.05, 0.1) is 26.8 Å². The van der Waals surface area contributed by atoms with E-state index < -0.39 is 31.9 Å². The molecule has 0 fully saturated rings. The summed E-state index contributed by atoms with van der Waals surface area (Å²) in [6.45, 7) is 5.72. The minimum atomic E-state index is -4.62. The maximum absolute atomic E-state index is 12.3. The molecule has 3 aromatic rings. The van der Waals surface area contributed by atoms with Crippen molar-refractivity contribution in [3.05, 3.63) is 56.3 Å². The molecule has 16 heteroatoms. The molecule has 1 aromatic carbocycles. The highest BCUT2D eigenvalue weighted by atomic mass is 79.9. The summed E-state index contributed by atoms with van der Waals surface area (Å²) < 4.78 is 63.0. The lowest BCUT2D eigenvalue weighted by atomic mass is 10.3. The predicted molar refractivity (Wildman–Crippen MR) is 144 cm³/mol. The number of carbonyl (C=O) groups is 1. The highest BCUT2D eigenvalue weighted by Crippen LogP contribution is 2.48. The molecule has 3 heterocycles. The van der Waals surface area contributed by atoms with Gasteiger partial charge in [-0.3, -0.25) is 4.79 Å². The van der Waals surface area contributed by atoms with Gasteiger partial charge in [0, 0.05) is 16.0 Å². The molecule has 1 N–H and O–H groups in total. The molecule has 1 amide bonds. The number of amides is 1. The van der Waals surface area contributed by atoms with Gasteiger partial charge in [0.2, 0.25) is 22.1 Å². The van der Waals surface area contributed by atoms with Gasteiger partial charge in [-0.1, -0.05) is 34.7 Å². The molecule has 188 valence electrons. The summed E-state index contributed by atoms with van der Waals surface area (Å²) in [6, 6.07) is 6.77. The Morgan fingerprint density at radius 1 is 1.26 bits per heavy atom. The van der Waals surface area contributed by atoms with Gasteiger partial charge in [-0.05, 0) is 34.1 Å². The van der Waals surface area contributed by atoms with E-state index in [4.69, 9.17) is 11.6 Å². The summed E-state index contributed by atoms with van der Waals surface area (Å²) in [5, 5.41) is 1.41. The number of anilines is 1. The molecular weight excluding hydrogens is 642 g/mol. The molecule has 9 nitrogen and oxygen atoms in total. The topological polar surface area (TPSA) is 128 Å². The summed E-state index contributed by atoms with van der Waals surface area (Å²) in [4.78, 5) is 14.4. The molecule has 0 unspecified atom stereocenters. The number of nitrogens with zero attached hydrogens (tertiary/aromatic N) is 2. The average Bonchev–Trinajstić information content (AvgIpc) is 3.34. The van der Waals surface area contributed by atoms with Crippen LogP contribution in [0.1, 0.15) is 5.01 Å². The van der Waals surface area contributed by atoms with Crippen LogP contribution in [0.15, 0.2) is 51.1 Å². The second-order valence-corrected chi connectivity index (χ2v) is 15.2. The van der Waals surface area contributed by atoms with Crippen LogP contribution in [0.25, 0.3) is 15.6 Å². The van der Waals surface area contributed by atoms with Gasteiger partial charge in [0.15, 0.2) is 4.01 Å². The third-order valence-corrected chi connectivity index (χ3v) is 9.62. The number of thiophene rings is 1. The number of sulfonamides is 1. The third kappa shape index (κ3) is 7.07. The van der Waals surface area contributed by atoms with Gasteiger partial charge in [-0.15, -0.1) is 24.5 Å². The molecule has 0 bridgehead atoms. The molecule has 0 aliphatic carbocycles. The fourth-order valence-corrected chi connectivity index (χ4v) is 8.82. The van der Waals surface area contributed by atoms with E-state index in [1.54, 1.807) is 28.8 Å². The van der Waals surface area contributed by atoms with E-state index in [0.29, 0.717) is 26.3 Å². The van der Waals surface area contributed by atoms with Crippen molar-refractivity contribution in [1.82, 2.24) is 4.72 Å². The first-order valence-electron chi connectivity index (χ1n) is 9.31. The molecule has 4 rings (SSSR count). The van der Waals surface area contributed by atoms with Crippen molar-refractivity contribution in [3.8, 4) is 0 Å². The largest absolute Gasteiger partial charge is 0.747 e. The number of carbonyl (C=O) groups excluding carboxylic acids is 1. The maximum Gasteiger partial charge on any atom is 0.299 e. The molecule has 0 radical (unpaired) electrons. The van der Waals surface area contributed by atoms with Gasteiger partial charge in [0.1, 0.15) is 16.0 Å². The first-order chi connectivity index (χ1) is 16.3. The van der Waals surface area contributed by atoms with Gasteiger partial charge in [-0.25, -0.2) is 21.6 Å². The number of thioether (sulfide) groups is 1. The molecule has 0 saturated heterocycles. The van der Waals surface area contributed by atoms with Gasteiger partial charge in [0.25, 0.3) is 10.9 Å². The van der Waals surface area contributed by atoms with Gasteiger partial charge in [-0.2, -0.15) is 4.57 Å². The number of rotatable bonds is 6. The second kappa shape index (κ2) is 10.9. The van der Waals surface area contributed by atoms with Crippen LogP contribution >= 0.6 is 62.0 Å². The molecule has 1 aliphatic rings. The number of halogens is 2. The van der Waals surface area contributed by atoms with E-state index in [1.165, 1.54) is 39.3 Å². The minimum absolute atomic E-state index is 0.279. The van der Waals surface area contributed by atoms with Crippen LogP contribution in [-0.2, 0) is 31.5 Å². The average molecular weight is 659 g/mol. The first-order valence-corrected chi connectivity index (χ1v) is 16.4. The van der Waals surface area contributed by atoms with E-state index >= 15 is 0 Å². The minimum Gasteiger partial charge on any atom is -0.747 e. The number of fused-ring (bicyclic) bond motifs is 2. The predicted octanol–water partition coefficient (Wildman–Crippen LogP) is 3.96. The Morgan fingerprint density at radius 2 is 1.94 bits per heavy atom. The summed E-state index contributed by atoms with van der Waals surface area (Å²) in [6.07, 6.45) is 2.56. The molecule has 2 aromatic heterocycles. The molecule has 35 heavy (non-hydrogen) atoms. The van der Waals surface area contributed by atoms with Crippen molar-refractivity contribution in [3.63, 3.8) is 0 Å². The second-order valence-electron chi connectivity index (χ2n) is 6.86. The Kier molecular flexibility index (Phi) is 8.74. The summed E-state index contributed by atoms with van der Waals surface area (Å²) >= 11 is 13.5. The van der Waals surface area contributed by atoms with Crippen LogP contribution in [0.5, 0.6) is 0 Å². The Morgan fingerprint density at radius 3 is 2.57 bits per heavy atom. The smallest absolute Gasteiger partial charge is 0.299 e. The number of nitrogens with one attached hydrogen (secondary N) is 1. The SMILES string of the molecule is C=C.CS(=O)(=O)NC(=O)C[n+]1c(C=C2Sc3ccc(Cl)cc3N2CS(=O)(=O)[O-])sc2sc(Br)cc21. The number of hydrogen-bond donors (Lipinski definition) is 1. The van der Waals surface area contributed by atoms with Gasteiger partial charge >= 0.3 is 0 Å². The molecular formula is C19H17BrClN3O6S5. The number of benzene rings is 1. The van der Waals surface area contributed by atoms with E-state index in [2.05, 4.69) is 29.1 Å². The van der Waals surface area contributed by atoms with Crippen LogP contribution in [0.3, 0.4) is 0 Å². The zero-order valence-corrected chi connectivity index (χ0v) is 24.3. The van der Waals surface area contributed by atoms with Crippen LogP contribution in [0, 0.1) is 0 Å². The van der Waals surface area contributed by atoms with Crippen molar-refractivity contribution in [2.75, 3.05) is 17.0 Å². The lowest BCUT2D eigenvalue weighted by molar-refractivity contribution is -0.655. The van der Waals surface area contributed by atoms with E-state index in [0.717, 1.165) is 19.0 Å². The monoisotopic (exact) mass is 657 g/mol. The lowest BCUT2D eigenvalue weighted by Gasteiger charge is -2.21. The van der Waals surface area contributed by atoms with Crippen molar-refractivity contribution in [2.45, 2.75) is 11.4 Å². The van der Waals surface area contributed by atoms with E-state index in [-0.39, 0.29) is 6.54 Å². The molecule has 0 saturated carbocycles. The fraction of sp³-hybridized carbons (Fsp3) is 0.158. The number of aromatic nitrogens is 1. The lowest BCUT2D eigenvalue weighted by Crippen LogP contribution is -2.45. The molecule has 0 atom stereocenters. The Hall–Kier alpha value is -1.46. The zero-order chi connectivity index (χ0) is 26.1. The highest BCUT2D eigenvalue weighted by molar-refractivity contribution is 9.11. The summed E-state index contributed by atoms with van der Waals surface area (Å²) in [7, 11) is -8.35. The fourth-order valence-electron chi connectivity index (χ4n) is 3.10. The number of hydrogen-bond acceptors (Lipinski definition) is 10.